The molecule has 5 nitrogen and oxygen atoms in total. The Balaban J connectivity index is 2.44. The average molecular weight is 304 g/mol. The molecule has 0 aliphatic rings. The molecule has 5 heteroatoms. The summed E-state index contributed by atoms with van der Waals surface area (Å²) in [6, 6.07) is 6.10. The lowest BCUT2D eigenvalue weighted by atomic mass is 9.99. The summed E-state index contributed by atoms with van der Waals surface area (Å²) in [5.74, 6) is 0.393. The predicted octanol–water partition coefficient (Wildman–Crippen LogP) is 3.94. The van der Waals surface area contributed by atoms with Gasteiger partial charge in [-0.2, -0.15) is 0 Å². The first-order chi connectivity index (χ1) is 10.6. The number of amides is 1. The Hall–Kier alpha value is -2.17. The Morgan fingerprint density at radius 3 is 2.55 bits per heavy atom. The van der Waals surface area contributed by atoms with E-state index in [1.807, 2.05) is 0 Å². The molecule has 1 rings (SSSR count). The highest BCUT2D eigenvalue weighted by Crippen LogP contribution is 2.13. The van der Waals surface area contributed by atoms with Gasteiger partial charge in [-0.1, -0.05) is 33.1 Å². The maximum absolute atomic E-state index is 11.8. The normalized spacial score (nSPS) is 12.3. The Labute approximate surface area is 131 Å². The Morgan fingerprint density at radius 2 is 2.00 bits per heavy atom. The number of hydrogen-bond donors (Lipinski definition) is 1. The standard InChI is InChI=1S/C17H24N2O3/c1-3-5-6-14(4-2)13-18-17(20)12-9-15-7-10-16(11-8-15)19(21)22/h7-12,14H,3-6,13H2,1-2H3,(H,18,20)/b12-9+/t14-/m0/s1. The third-order valence-electron chi connectivity index (χ3n) is 3.64. The SMILES string of the molecule is CCCC[C@H](CC)CNC(=O)/C=C/c1ccc([N+](=O)[O-])cc1. The molecule has 0 spiro atoms. The molecular formula is C17H24N2O3. The first-order valence-electron chi connectivity index (χ1n) is 7.77. The van der Waals surface area contributed by atoms with Crippen LogP contribution in [0.15, 0.2) is 30.3 Å². The number of hydrogen-bond acceptors (Lipinski definition) is 3. The maximum atomic E-state index is 11.8. The molecule has 0 unspecified atom stereocenters. The van der Waals surface area contributed by atoms with Crippen LogP contribution >= 0.6 is 0 Å². The predicted molar refractivity (Wildman–Crippen MR) is 88.4 cm³/mol. The quantitative estimate of drug-likeness (QED) is 0.426. The number of nitrogens with zero attached hydrogens (tertiary/aromatic N) is 1. The largest absolute Gasteiger partial charge is 0.352 e. The lowest BCUT2D eigenvalue weighted by Crippen LogP contribution is -2.27. The van der Waals surface area contributed by atoms with Gasteiger partial charge in [0.15, 0.2) is 0 Å². The van der Waals surface area contributed by atoms with Gasteiger partial charge in [-0.05, 0) is 36.1 Å². The summed E-state index contributed by atoms with van der Waals surface area (Å²) in [4.78, 5) is 21.9. The number of carbonyl (C=O) groups excluding carboxylic acids is 1. The summed E-state index contributed by atoms with van der Waals surface area (Å²) >= 11 is 0. The van der Waals surface area contributed by atoms with E-state index in [0.29, 0.717) is 12.5 Å². The van der Waals surface area contributed by atoms with Crippen LogP contribution < -0.4 is 5.32 Å². The van der Waals surface area contributed by atoms with Gasteiger partial charge in [0, 0.05) is 24.8 Å². The molecule has 1 N–H and O–H groups in total. The second-order valence-electron chi connectivity index (χ2n) is 5.34. The molecule has 0 aromatic heterocycles. The Bertz CT molecular complexity index is 509. The van der Waals surface area contributed by atoms with Crippen LogP contribution in [0, 0.1) is 16.0 Å². The summed E-state index contributed by atoms with van der Waals surface area (Å²) < 4.78 is 0. The highest BCUT2D eigenvalue weighted by Gasteiger charge is 2.07. The van der Waals surface area contributed by atoms with Crippen LogP contribution in [0.1, 0.15) is 45.1 Å². The van der Waals surface area contributed by atoms with Crippen LogP contribution in [-0.4, -0.2) is 17.4 Å². The molecule has 0 aliphatic heterocycles. The van der Waals surface area contributed by atoms with Crippen molar-refractivity contribution < 1.29 is 9.72 Å². The van der Waals surface area contributed by atoms with Gasteiger partial charge in [-0.3, -0.25) is 14.9 Å². The molecule has 22 heavy (non-hydrogen) atoms. The van der Waals surface area contributed by atoms with Gasteiger partial charge in [-0.25, -0.2) is 0 Å². The van der Waals surface area contributed by atoms with E-state index in [2.05, 4.69) is 19.2 Å². The molecule has 120 valence electrons. The summed E-state index contributed by atoms with van der Waals surface area (Å²) in [6.07, 6.45) is 7.68. The highest BCUT2D eigenvalue weighted by atomic mass is 16.6. The number of carbonyl (C=O) groups is 1. The third-order valence-corrected chi connectivity index (χ3v) is 3.64. The van der Waals surface area contributed by atoms with E-state index >= 15 is 0 Å². The van der Waals surface area contributed by atoms with Crippen molar-refractivity contribution in [2.45, 2.75) is 39.5 Å². The molecule has 0 radical (unpaired) electrons. The van der Waals surface area contributed by atoms with E-state index in [0.717, 1.165) is 18.4 Å². The lowest BCUT2D eigenvalue weighted by Gasteiger charge is -2.14. The molecule has 1 amide bonds. The zero-order chi connectivity index (χ0) is 16.4. The topological polar surface area (TPSA) is 72.2 Å². The van der Waals surface area contributed by atoms with E-state index in [9.17, 15) is 14.9 Å². The highest BCUT2D eigenvalue weighted by molar-refractivity contribution is 5.91. The van der Waals surface area contributed by atoms with Crippen LogP contribution in [0.25, 0.3) is 6.08 Å². The molecule has 0 saturated heterocycles. The number of benzene rings is 1. The van der Waals surface area contributed by atoms with Gasteiger partial charge < -0.3 is 5.32 Å². The van der Waals surface area contributed by atoms with E-state index in [-0.39, 0.29) is 11.6 Å². The first-order valence-corrected chi connectivity index (χ1v) is 7.77. The zero-order valence-electron chi connectivity index (χ0n) is 13.2. The summed E-state index contributed by atoms with van der Waals surface area (Å²) in [7, 11) is 0. The van der Waals surface area contributed by atoms with Crippen LogP contribution in [0.2, 0.25) is 0 Å². The molecule has 1 atom stereocenters. The van der Waals surface area contributed by atoms with Crippen molar-refractivity contribution in [2.75, 3.05) is 6.54 Å². The number of non-ortho nitro benzene ring substituents is 1. The van der Waals surface area contributed by atoms with E-state index in [1.165, 1.54) is 31.1 Å². The fraction of sp³-hybridized carbons (Fsp3) is 0.471. The molecular weight excluding hydrogens is 280 g/mol. The Morgan fingerprint density at radius 1 is 1.32 bits per heavy atom. The maximum Gasteiger partial charge on any atom is 0.269 e. The minimum Gasteiger partial charge on any atom is -0.352 e. The van der Waals surface area contributed by atoms with Gasteiger partial charge in [0.25, 0.3) is 5.69 Å². The van der Waals surface area contributed by atoms with Crippen LogP contribution in [0.3, 0.4) is 0 Å². The minimum atomic E-state index is -0.443. The smallest absolute Gasteiger partial charge is 0.269 e. The summed E-state index contributed by atoms with van der Waals surface area (Å²) in [6.45, 7) is 5.00. The summed E-state index contributed by atoms with van der Waals surface area (Å²) in [5.41, 5.74) is 0.807. The summed E-state index contributed by atoms with van der Waals surface area (Å²) in [5, 5.41) is 13.5. The van der Waals surface area contributed by atoms with Gasteiger partial charge >= 0.3 is 0 Å². The van der Waals surface area contributed by atoms with Crippen LogP contribution in [-0.2, 0) is 4.79 Å². The van der Waals surface area contributed by atoms with Gasteiger partial charge in [-0.15, -0.1) is 0 Å². The van der Waals surface area contributed by atoms with Crippen LogP contribution in [0.4, 0.5) is 5.69 Å². The van der Waals surface area contributed by atoms with Crippen molar-refractivity contribution in [3.63, 3.8) is 0 Å². The third kappa shape index (κ3) is 6.52. The average Bonchev–Trinajstić information content (AvgIpc) is 2.53. The number of rotatable bonds is 9. The van der Waals surface area contributed by atoms with Gasteiger partial charge in [0.2, 0.25) is 5.91 Å². The second kappa shape index (κ2) is 9.71. The monoisotopic (exact) mass is 304 g/mol. The van der Waals surface area contributed by atoms with Crippen molar-refractivity contribution in [3.8, 4) is 0 Å². The van der Waals surface area contributed by atoms with Crippen molar-refractivity contribution in [2.24, 2.45) is 5.92 Å². The molecule has 1 aromatic carbocycles. The molecule has 0 aliphatic carbocycles. The molecule has 0 fully saturated rings. The zero-order valence-corrected chi connectivity index (χ0v) is 13.2. The van der Waals surface area contributed by atoms with Crippen molar-refractivity contribution in [3.05, 3.63) is 46.0 Å². The van der Waals surface area contributed by atoms with Crippen molar-refractivity contribution >= 4 is 17.7 Å². The number of nitro groups is 1. The molecule has 1 aromatic rings. The van der Waals surface area contributed by atoms with Crippen molar-refractivity contribution in [1.29, 1.82) is 0 Å². The van der Waals surface area contributed by atoms with Crippen LogP contribution in [0.5, 0.6) is 0 Å². The Kier molecular flexibility index (Phi) is 7.89. The molecule has 0 heterocycles. The van der Waals surface area contributed by atoms with E-state index in [4.69, 9.17) is 0 Å². The minimum absolute atomic E-state index is 0.0447. The molecule has 0 saturated carbocycles. The van der Waals surface area contributed by atoms with E-state index < -0.39 is 4.92 Å². The fourth-order valence-electron chi connectivity index (χ4n) is 2.13. The van der Waals surface area contributed by atoms with Gasteiger partial charge in [0.1, 0.15) is 0 Å². The number of nitro benzene ring substituents is 1. The van der Waals surface area contributed by atoms with E-state index in [1.54, 1.807) is 18.2 Å². The fourth-order valence-corrected chi connectivity index (χ4v) is 2.13. The van der Waals surface area contributed by atoms with Crippen molar-refractivity contribution in [1.82, 2.24) is 5.32 Å². The van der Waals surface area contributed by atoms with Gasteiger partial charge in [0.05, 0.1) is 4.92 Å². The lowest BCUT2D eigenvalue weighted by molar-refractivity contribution is -0.384. The first kappa shape index (κ1) is 17.9. The number of nitrogens with one attached hydrogen (secondary N) is 1. The number of unbranched alkanes of at least 4 members (excludes halogenated alkanes) is 1. The molecule has 0 bridgehead atoms. The second-order valence-corrected chi connectivity index (χ2v) is 5.34.